The lowest BCUT2D eigenvalue weighted by Gasteiger charge is -2.33. The van der Waals surface area contributed by atoms with Crippen LogP contribution in [0.15, 0.2) is 36.5 Å². The molecule has 1 aliphatic rings. The molecule has 2 aromatic heterocycles. The maximum Gasteiger partial charge on any atom is 0.142 e. The van der Waals surface area contributed by atoms with Gasteiger partial charge in [0.15, 0.2) is 0 Å². The summed E-state index contributed by atoms with van der Waals surface area (Å²) >= 11 is 2.35. The first kappa shape index (κ1) is 15.8. The molecule has 1 saturated heterocycles. The average Bonchev–Trinajstić information content (AvgIpc) is 2.92. The number of benzene rings is 1. The van der Waals surface area contributed by atoms with Crippen molar-refractivity contribution in [2.24, 2.45) is 7.05 Å². The van der Waals surface area contributed by atoms with Crippen LogP contribution < -0.4 is 10.2 Å². The fourth-order valence-electron chi connectivity index (χ4n) is 3.30. The Kier molecular flexibility index (Phi) is 4.17. The molecule has 4 rings (SSSR count). The van der Waals surface area contributed by atoms with Crippen molar-refractivity contribution in [1.82, 2.24) is 19.9 Å². The van der Waals surface area contributed by atoms with E-state index in [2.05, 4.69) is 80.6 Å². The highest BCUT2D eigenvalue weighted by atomic mass is 127. The number of fused-ring (bicyclic) bond motifs is 1. The zero-order valence-corrected chi connectivity index (χ0v) is 16.0. The molecule has 0 bridgehead atoms. The number of hydrogen-bond acceptors (Lipinski definition) is 4. The van der Waals surface area contributed by atoms with Crippen LogP contribution in [0.4, 0.5) is 5.82 Å². The molecule has 1 aliphatic heterocycles. The molecule has 124 valence electrons. The van der Waals surface area contributed by atoms with Gasteiger partial charge in [0, 0.05) is 48.1 Å². The number of hydrogen-bond donors (Lipinski definition) is 1. The average molecular weight is 433 g/mol. The second kappa shape index (κ2) is 6.33. The molecule has 1 atom stereocenters. The van der Waals surface area contributed by atoms with Crippen molar-refractivity contribution < 1.29 is 0 Å². The van der Waals surface area contributed by atoms with E-state index in [0.717, 1.165) is 51.4 Å². The van der Waals surface area contributed by atoms with E-state index in [1.807, 2.05) is 12.3 Å². The second-order valence-corrected chi connectivity index (χ2v) is 7.47. The lowest BCUT2D eigenvalue weighted by Crippen LogP contribution is -2.49. The van der Waals surface area contributed by atoms with E-state index in [4.69, 9.17) is 4.98 Å². The molecule has 0 aliphatic carbocycles. The number of imidazole rings is 1. The quantitative estimate of drug-likeness (QED) is 0.632. The molecular weight excluding hydrogens is 413 g/mol. The smallest absolute Gasteiger partial charge is 0.142 e. The Labute approximate surface area is 155 Å². The van der Waals surface area contributed by atoms with E-state index in [-0.39, 0.29) is 0 Å². The van der Waals surface area contributed by atoms with Crippen molar-refractivity contribution in [3.8, 4) is 11.4 Å². The first-order valence-corrected chi connectivity index (χ1v) is 9.27. The lowest BCUT2D eigenvalue weighted by atomic mass is 10.2. The Morgan fingerprint density at radius 2 is 2.12 bits per heavy atom. The van der Waals surface area contributed by atoms with Gasteiger partial charge in [-0.15, -0.1) is 0 Å². The Morgan fingerprint density at radius 3 is 2.92 bits per heavy atom. The third kappa shape index (κ3) is 2.77. The van der Waals surface area contributed by atoms with Gasteiger partial charge in [0.25, 0.3) is 0 Å². The van der Waals surface area contributed by atoms with Crippen molar-refractivity contribution in [2.45, 2.75) is 13.0 Å². The molecule has 0 spiro atoms. The number of aromatic nitrogens is 3. The van der Waals surface area contributed by atoms with E-state index < -0.39 is 0 Å². The molecule has 0 radical (unpaired) electrons. The predicted molar refractivity (Wildman–Crippen MR) is 106 cm³/mol. The highest BCUT2D eigenvalue weighted by Gasteiger charge is 2.19. The molecular formula is C18H20IN5. The number of anilines is 1. The van der Waals surface area contributed by atoms with Crippen LogP contribution in [0.3, 0.4) is 0 Å². The van der Waals surface area contributed by atoms with Crippen molar-refractivity contribution >= 4 is 39.4 Å². The van der Waals surface area contributed by atoms with Crippen LogP contribution in [0.1, 0.15) is 6.92 Å². The highest BCUT2D eigenvalue weighted by molar-refractivity contribution is 14.1. The zero-order chi connectivity index (χ0) is 16.7. The SMILES string of the molecule is C[C@H]1CN(c2cc(-c3nc4ccccc4n3C)c(I)cn2)CCN1. The second-order valence-electron chi connectivity index (χ2n) is 6.31. The molecule has 6 heteroatoms. The number of para-hydroxylation sites is 2. The highest BCUT2D eigenvalue weighted by Crippen LogP contribution is 2.30. The standard InChI is InChI=1S/C18H20IN5/c1-12-11-24(8-7-20-12)17-9-13(14(19)10-21-17)18-22-15-5-3-4-6-16(15)23(18)2/h3-6,9-10,12,20H,7-8,11H2,1-2H3/t12-/m0/s1. The van der Waals surface area contributed by atoms with E-state index in [1.54, 1.807) is 0 Å². The van der Waals surface area contributed by atoms with Crippen LogP contribution in [0.2, 0.25) is 0 Å². The summed E-state index contributed by atoms with van der Waals surface area (Å²) in [6, 6.07) is 10.9. The summed E-state index contributed by atoms with van der Waals surface area (Å²) in [7, 11) is 2.08. The van der Waals surface area contributed by atoms with Gasteiger partial charge in [0.05, 0.1) is 11.0 Å². The third-order valence-corrected chi connectivity index (χ3v) is 5.42. The Morgan fingerprint density at radius 1 is 1.29 bits per heavy atom. The van der Waals surface area contributed by atoms with Gasteiger partial charge in [-0.05, 0) is 47.7 Å². The van der Waals surface area contributed by atoms with E-state index in [1.165, 1.54) is 0 Å². The van der Waals surface area contributed by atoms with Gasteiger partial charge in [-0.25, -0.2) is 9.97 Å². The minimum Gasteiger partial charge on any atom is -0.354 e. The number of nitrogens with zero attached hydrogens (tertiary/aromatic N) is 4. The fourth-order valence-corrected chi connectivity index (χ4v) is 3.83. The number of nitrogens with one attached hydrogen (secondary N) is 1. The van der Waals surface area contributed by atoms with Crippen LogP contribution in [0, 0.1) is 3.57 Å². The molecule has 0 saturated carbocycles. The molecule has 1 aromatic carbocycles. The number of aryl methyl sites for hydroxylation is 1. The first-order valence-electron chi connectivity index (χ1n) is 8.19. The first-order chi connectivity index (χ1) is 11.6. The summed E-state index contributed by atoms with van der Waals surface area (Å²) in [5.41, 5.74) is 3.32. The maximum absolute atomic E-state index is 4.84. The van der Waals surface area contributed by atoms with Gasteiger partial charge in [0.2, 0.25) is 0 Å². The van der Waals surface area contributed by atoms with Crippen LogP contribution >= 0.6 is 22.6 Å². The largest absolute Gasteiger partial charge is 0.354 e. The van der Waals surface area contributed by atoms with Crippen molar-refractivity contribution in [3.05, 3.63) is 40.1 Å². The number of pyridine rings is 1. The topological polar surface area (TPSA) is 46.0 Å². The summed E-state index contributed by atoms with van der Waals surface area (Å²) in [4.78, 5) is 11.9. The van der Waals surface area contributed by atoms with Crippen molar-refractivity contribution in [3.63, 3.8) is 0 Å². The minimum absolute atomic E-state index is 0.485. The van der Waals surface area contributed by atoms with E-state index >= 15 is 0 Å². The van der Waals surface area contributed by atoms with Crippen LogP contribution in [0.25, 0.3) is 22.4 Å². The maximum atomic E-state index is 4.84. The zero-order valence-electron chi connectivity index (χ0n) is 13.8. The molecule has 3 aromatic rings. The summed E-state index contributed by atoms with van der Waals surface area (Å²) in [5, 5.41) is 3.48. The molecule has 1 fully saturated rings. The van der Waals surface area contributed by atoms with E-state index in [9.17, 15) is 0 Å². The summed E-state index contributed by atoms with van der Waals surface area (Å²) < 4.78 is 3.29. The molecule has 3 heterocycles. The summed E-state index contributed by atoms with van der Waals surface area (Å²) in [6.07, 6.45) is 1.96. The number of piperazine rings is 1. The van der Waals surface area contributed by atoms with Gasteiger partial charge in [-0.2, -0.15) is 0 Å². The molecule has 0 unspecified atom stereocenters. The fraction of sp³-hybridized carbons (Fsp3) is 0.333. The minimum atomic E-state index is 0.485. The Balaban J connectivity index is 1.79. The Hall–Kier alpha value is -1.67. The summed E-state index contributed by atoms with van der Waals surface area (Å²) in [6.45, 7) is 5.18. The molecule has 24 heavy (non-hydrogen) atoms. The van der Waals surface area contributed by atoms with Gasteiger partial charge in [-0.3, -0.25) is 0 Å². The van der Waals surface area contributed by atoms with Crippen molar-refractivity contribution in [2.75, 3.05) is 24.5 Å². The van der Waals surface area contributed by atoms with Crippen LogP contribution in [0.5, 0.6) is 0 Å². The van der Waals surface area contributed by atoms with Crippen LogP contribution in [-0.4, -0.2) is 40.2 Å². The summed E-state index contributed by atoms with van der Waals surface area (Å²) in [5.74, 6) is 2.03. The lowest BCUT2D eigenvalue weighted by molar-refractivity contribution is 0.482. The van der Waals surface area contributed by atoms with Crippen molar-refractivity contribution in [1.29, 1.82) is 0 Å². The van der Waals surface area contributed by atoms with E-state index in [0.29, 0.717) is 6.04 Å². The van der Waals surface area contributed by atoms with Gasteiger partial charge < -0.3 is 14.8 Å². The van der Waals surface area contributed by atoms with Crippen LogP contribution in [-0.2, 0) is 7.05 Å². The predicted octanol–water partition coefficient (Wildman–Crippen LogP) is 3.04. The third-order valence-electron chi connectivity index (χ3n) is 4.56. The monoisotopic (exact) mass is 433 g/mol. The molecule has 5 nitrogen and oxygen atoms in total. The normalized spacial score (nSPS) is 18.3. The van der Waals surface area contributed by atoms with Gasteiger partial charge >= 0.3 is 0 Å². The van der Waals surface area contributed by atoms with Gasteiger partial charge in [0.1, 0.15) is 11.6 Å². The number of rotatable bonds is 2. The number of halogens is 1. The molecule has 1 N–H and O–H groups in total. The molecule has 0 amide bonds. The van der Waals surface area contributed by atoms with Gasteiger partial charge in [-0.1, -0.05) is 12.1 Å². The Bertz CT molecular complexity index is 888.